The van der Waals surface area contributed by atoms with Gasteiger partial charge in [0.05, 0.1) is 0 Å². The molecule has 0 spiro atoms. The van der Waals surface area contributed by atoms with E-state index in [2.05, 4.69) is 0 Å². The average Bonchev–Trinajstić information content (AvgIpc) is 2.82. The molecule has 104 valence electrons. The fourth-order valence-electron chi connectivity index (χ4n) is 3.17. The van der Waals surface area contributed by atoms with Gasteiger partial charge in [0.2, 0.25) is 0 Å². The molecule has 1 saturated heterocycles. The number of aliphatic carboxylic acids is 1. The highest BCUT2D eigenvalue weighted by molar-refractivity contribution is 5.79. The van der Waals surface area contributed by atoms with E-state index in [9.17, 15) is 14.3 Å². The number of carboxylic acids is 1. The van der Waals surface area contributed by atoms with Gasteiger partial charge < -0.3 is 5.11 Å². The Morgan fingerprint density at radius 2 is 2.32 bits per heavy atom. The van der Waals surface area contributed by atoms with Crippen molar-refractivity contribution in [3.8, 4) is 0 Å². The van der Waals surface area contributed by atoms with E-state index in [0.717, 1.165) is 18.5 Å². The smallest absolute Gasteiger partial charge is 0.324 e. The molecule has 1 aromatic rings. The molecule has 2 rings (SSSR count). The second kappa shape index (κ2) is 5.29. The summed E-state index contributed by atoms with van der Waals surface area (Å²) in [4.78, 5) is 13.7. The maximum atomic E-state index is 13.3. The van der Waals surface area contributed by atoms with Crippen LogP contribution in [0.25, 0.3) is 0 Å². The molecule has 0 bridgehead atoms. The van der Waals surface area contributed by atoms with E-state index in [0.29, 0.717) is 12.8 Å². The van der Waals surface area contributed by atoms with Crippen LogP contribution in [-0.2, 0) is 4.79 Å². The largest absolute Gasteiger partial charge is 0.480 e. The van der Waals surface area contributed by atoms with Gasteiger partial charge in [0.15, 0.2) is 0 Å². The molecule has 1 N–H and O–H groups in total. The predicted molar refractivity (Wildman–Crippen MR) is 71.4 cm³/mol. The molecule has 2 unspecified atom stereocenters. The first-order valence-electron chi connectivity index (χ1n) is 6.77. The number of benzene rings is 1. The number of carboxylic acid groups (broad SMARTS) is 1. The van der Waals surface area contributed by atoms with Crippen LogP contribution in [-0.4, -0.2) is 28.1 Å². The third kappa shape index (κ3) is 2.37. The van der Waals surface area contributed by atoms with Crippen molar-refractivity contribution in [3.63, 3.8) is 0 Å². The van der Waals surface area contributed by atoms with Gasteiger partial charge in [0.25, 0.3) is 0 Å². The van der Waals surface area contributed by atoms with E-state index >= 15 is 0 Å². The third-order valence-corrected chi connectivity index (χ3v) is 4.32. The predicted octanol–water partition coefficient (Wildman–Crippen LogP) is 3.22. The van der Waals surface area contributed by atoms with Crippen LogP contribution < -0.4 is 0 Å². The van der Waals surface area contributed by atoms with Gasteiger partial charge in [-0.25, -0.2) is 4.39 Å². The third-order valence-electron chi connectivity index (χ3n) is 4.32. The number of hydrogen-bond donors (Lipinski definition) is 1. The molecule has 0 amide bonds. The fourth-order valence-corrected chi connectivity index (χ4v) is 3.17. The quantitative estimate of drug-likeness (QED) is 0.908. The summed E-state index contributed by atoms with van der Waals surface area (Å²) in [5.74, 6) is -1.04. The summed E-state index contributed by atoms with van der Waals surface area (Å²) in [7, 11) is 0. The summed E-state index contributed by atoms with van der Waals surface area (Å²) in [5, 5.41) is 9.57. The summed E-state index contributed by atoms with van der Waals surface area (Å²) in [6.07, 6.45) is 2.11. The Hall–Kier alpha value is -1.42. The van der Waals surface area contributed by atoms with Gasteiger partial charge in [-0.15, -0.1) is 0 Å². The van der Waals surface area contributed by atoms with E-state index in [4.69, 9.17) is 0 Å². The van der Waals surface area contributed by atoms with E-state index in [1.165, 1.54) is 12.1 Å². The molecule has 1 aliphatic heterocycles. The number of carbonyl (C=O) groups is 1. The minimum atomic E-state index is -0.800. The number of nitrogens with zero attached hydrogens (tertiary/aromatic N) is 1. The lowest BCUT2D eigenvalue weighted by Crippen LogP contribution is -2.50. The Balaban J connectivity index is 2.32. The van der Waals surface area contributed by atoms with E-state index in [1.54, 1.807) is 6.07 Å². The number of halogens is 1. The minimum absolute atomic E-state index is 0.0887. The monoisotopic (exact) mass is 265 g/mol. The summed E-state index contributed by atoms with van der Waals surface area (Å²) >= 11 is 0. The Kier molecular flexibility index (Phi) is 3.90. The zero-order chi connectivity index (χ0) is 14.0. The topological polar surface area (TPSA) is 40.5 Å². The number of likely N-dealkylation sites (tertiary alicyclic amines) is 1. The van der Waals surface area contributed by atoms with Crippen molar-refractivity contribution < 1.29 is 14.3 Å². The molecule has 1 aliphatic rings. The molecule has 19 heavy (non-hydrogen) atoms. The molecule has 0 radical (unpaired) electrons. The molecule has 1 heterocycles. The van der Waals surface area contributed by atoms with Crippen molar-refractivity contribution in [2.75, 3.05) is 6.54 Å². The second-order valence-electron chi connectivity index (χ2n) is 5.22. The molecule has 4 heteroatoms. The lowest BCUT2D eigenvalue weighted by atomic mass is 9.91. The molecule has 0 saturated carbocycles. The summed E-state index contributed by atoms with van der Waals surface area (Å²) in [5.41, 5.74) is 0.0344. The first-order valence-corrected chi connectivity index (χ1v) is 6.77. The number of rotatable bonds is 4. The van der Waals surface area contributed by atoms with Crippen molar-refractivity contribution in [2.24, 2.45) is 0 Å². The average molecular weight is 265 g/mol. The molecule has 3 nitrogen and oxygen atoms in total. The highest BCUT2D eigenvalue weighted by Gasteiger charge is 2.48. The zero-order valence-electron chi connectivity index (χ0n) is 11.4. The van der Waals surface area contributed by atoms with Crippen molar-refractivity contribution in [2.45, 2.75) is 44.7 Å². The van der Waals surface area contributed by atoms with Gasteiger partial charge in [0.1, 0.15) is 11.4 Å². The fraction of sp³-hybridized carbons (Fsp3) is 0.533. The normalized spacial score (nSPS) is 25.4. The van der Waals surface area contributed by atoms with Crippen LogP contribution in [0.4, 0.5) is 4.39 Å². The Bertz CT molecular complexity index is 477. The van der Waals surface area contributed by atoms with E-state index in [1.807, 2.05) is 24.8 Å². The lowest BCUT2D eigenvalue weighted by molar-refractivity contribution is -0.151. The highest BCUT2D eigenvalue weighted by Crippen LogP contribution is 2.39. The first kappa shape index (κ1) is 14.0. The standard InChI is InChI=1S/C15H20FNO2/c1-3-15(14(18)19)8-5-9-17(15)11(2)12-6-4-7-13(16)10-12/h4,6-7,10-11H,3,5,8-9H2,1-2H3,(H,18,19). The zero-order valence-corrected chi connectivity index (χ0v) is 11.4. The van der Waals surface area contributed by atoms with Crippen LogP contribution in [0.2, 0.25) is 0 Å². The van der Waals surface area contributed by atoms with Crippen LogP contribution >= 0.6 is 0 Å². The summed E-state index contributed by atoms with van der Waals surface area (Å²) < 4.78 is 13.3. The Morgan fingerprint density at radius 1 is 1.58 bits per heavy atom. The summed E-state index contributed by atoms with van der Waals surface area (Å²) in [6, 6.07) is 6.34. The van der Waals surface area contributed by atoms with Gasteiger partial charge in [-0.05, 0) is 50.4 Å². The molecule has 2 atom stereocenters. The van der Waals surface area contributed by atoms with E-state index < -0.39 is 11.5 Å². The van der Waals surface area contributed by atoms with Crippen LogP contribution in [0.1, 0.15) is 44.7 Å². The van der Waals surface area contributed by atoms with Crippen molar-refractivity contribution >= 4 is 5.97 Å². The SMILES string of the molecule is CCC1(C(=O)O)CCCN1C(C)c1cccc(F)c1. The second-order valence-corrected chi connectivity index (χ2v) is 5.22. The number of hydrogen-bond acceptors (Lipinski definition) is 2. The van der Waals surface area contributed by atoms with Crippen molar-refractivity contribution in [3.05, 3.63) is 35.6 Å². The van der Waals surface area contributed by atoms with E-state index in [-0.39, 0.29) is 11.9 Å². The van der Waals surface area contributed by atoms with Crippen LogP contribution in [0.5, 0.6) is 0 Å². The van der Waals surface area contributed by atoms with Crippen LogP contribution in [0, 0.1) is 5.82 Å². The first-order chi connectivity index (χ1) is 9.01. The molecule has 0 aliphatic carbocycles. The van der Waals surface area contributed by atoms with Crippen LogP contribution in [0.15, 0.2) is 24.3 Å². The lowest BCUT2D eigenvalue weighted by Gasteiger charge is -2.38. The van der Waals surface area contributed by atoms with Gasteiger partial charge in [-0.2, -0.15) is 0 Å². The van der Waals surface area contributed by atoms with Gasteiger partial charge in [-0.1, -0.05) is 19.1 Å². The van der Waals surface area contributed by atoms with Crippen molar-refractivity contribution in [1.29, 1.82) is 0 Å². The van der Waals surface area contributed by atoms with Crippen LogP contribution in [0.3, 0.4) is 0 Å². The molecular weight excluding hydrogens is 245 g/mol. The highest BCUT2D eigenvalue weighted by atomic mass is 19.1. The summed E-state index contributed by atoms with van der Waals surface area (Å²) in [6.45, 7) is 4.61. The van der Waals surface area contributed by atoms with Gasteiger partial charge in [-0.3, -0.25) is 9.69 Å². The maximum Gasteiger partial charge on any atom is 0.324 e. The van der Waals surface area contributed by atoms with Crippen molar-refractivity contribution in [1.82, 2.24) is 4.90 Å². The molecule has 1 aromatic carbocycles. The van der Waals surface area contributed by atoms with Gasteiger partial charge in [0, 0.05) is 6.04 Å². The Morgan fingerprint density at radius 3 is 2.89 bits per heavy atom. The Labute approximate surface area is 113 Å². The minimum Gasteiger partial charge on any atom is -0.480 e. The molecular formula is C15H20FNO2. The maximum absolute atomic E-state index is 13.3. The van der Waals surface area contributed by atoms with Gasteiger partial charge >= 0.3 is 5.97 Å². The molecule has 1 fully saturated rings. The molecule has 0 aromatic heterocycles.